The van der Waals surface area contributed by atoms with Crippen molar-refractivity contribution in [2.45, 2.75) is 19.4 Å². The summed E-state index contributed by atoms with van der Waals surface area (Å²) in [6, 6.07) is 6.19. The highest BCUT2D eigenvalue weighted by atomic mass is 35.5. The number of likely N-dealkylation sites (N-methyl/N-ethyl adjacent to an activating group) is 1. The first-order valence-electron chi connectivity index (χ1n) is 6.49. The van der Waals surface area contributed by atoms with E-state index >= 15 is 0 Å². The molecule has 0 fully saturated rings. The Balaban J connectivity index is 2.39. The van der Waals surface area contributed by atoms with Gasteiger partial charge in [0.15, 0.2) is 0 Å². The van der Waals surface area contributed by atoms with E-state index in [4.69, 9.17) is 11.6 Å². The summed E-state index contributed by atoms with van der Waals surface area (Å²) in [6.45, 7) is 1.56. The van der Waals surface area contributed by atoms with Crippen molar-refractivity contribution in [3.05, 3.63) is 69.5 Å². The zero-order chi connectivity index (χ0) is 15.6. The minimum Gasteiger partial charge on any atom is -0.313 e. The quantitative estimate of drug-likeness (QED) is 0.872. The molecule has 1 nitrogen and oxygen atoms in total. The molecule has 2 rings (SSSR count). The van der Waals surface area contributed by atoms with Gasteiger partial charge < -0.3 is 5.32 Å². The molecular weight excluding hydrogens is 299 g/mol. The molecule has 5 heteroatoms. The van der Waals surface area contributed by atoms with Gasteiger partial charge in [-0.25, -0.2) is 13.2 Å². The molecule has 0 spiro atoms. The third kappa shape index (κ3) is 3.39. The molecule has 0 aliphatic heterocycles. The summed E-state index contributed by atoms with van der Waals surface area (Å²) in [5.74, 6) is -1.74. The summed E-state index contributed by atoms with van der Waals surface area (Å²) in [5.41, 5.74) is 0.620. The molecule has 0 saturated heterocycles. The van der Waals surface area contributed by atoms with Crippen LogP contribution < -0.4 is 5.32 Å². The van der Waals surface area contributed by atoms with Gasteiger partial charge >= 0.3 is 0 Å². The Bertz CT molecular complexity index is 658. The summed E-state index contributed by atoms with van der Waals surface area (Å²) in [5, 5.41) is 3.12. The van der Waals surface area contributed by atoms with Crippen molar-refractivity contribution in [3.8, 4) is 0 Å². The van der Waals surface area contributed by atoms with Crippen molar-refractivity contribution in [3.63, 3.8) is 0 Å². The topological polar surface area (TPSA) is 12.0 Å². The average Bonchev–Trinajstić information content (AvgIpc) is 2.44. The van der Waals surface area contributed by atoms with E-state index in [0.717, 1.165) is 0 Å². The summed E-state index contributed by atoms with van der Waals surface area (Å²) in [7, 11) is 1.58. The first kappa shape index (κ1) is 15.9. The molecule has 112 valence electrons. The number of nitrogens with one attached hydrogen (secondary N) is 1. The fourth-order valence-electron chi connectivity index (χ4n) is 2.25. The highest BCUT2D eigenvalue weighted by Gasteiger charge is 2.21. The first-order chi connectivity index (χ1) is 9.93. The second-order valence-corrected chi connectivity index (χ2v) is 5.31. The van der Waals surface area contributed by atoms with Crippen LogP contribution in [-0.4, -0.2) is 7.05 Å². The second kappa shape index (κ2) is 6.50. The summed E-state index contributed by atoms with van der Waals surface area (Å²) in [4.78, 5) is 0. The Morgan fingerprint density at radius 2 is 1.81 bits per heavy atom. The lowest BCUT2D eigenvalue weighted by Crippen LogP contribution is -2.22. The molecule has 0 aliphatic carbocycles. The van der Waals surface area contributed by atoms with Crippen LogP contribution in [0.25, 0.3) is 0 Å². The van der Waals surface area contributed by atoms with Crippen molar-refractivity contribution in [1.82, 2.24) is 5.32 Å². The van der Waals surface area contributed by atoms with Gasteiger partial charge in [0.05, 0.1) is 0 Å². The van der Waals surface area contributed by atoms with Crippen LogP contribution in [0.2, 0.25) is 5.02 Å². The minimum absolute atomic E-state index is 0.0770. The van der Waals surface area contributed by atoms with E-state index < -0.39 is 23.5 Å². The monoisotopic (exact) mass is 313 g/mol. The van der Waals surface area contributed by atoms with Crippen LogP contribution in [0.15, 0.2) is 30.3 Å². The molecule has 21 heavy (non-hydrogen) atoms. The van der Waals surface area contributed by atoms with Gasteiger partial charge in [-0.15, -0.1) is 0 Å². The van der Waals surface area contributed by atoms with Crippen LogP contribution in [0.1, 0.15) is 22.7 Å². The predicted octanol–water partition coefficient (Wildman–Crippen LogP) is 4.57. The van der Waals surface area contributed by atoms with E-state index in [2.05, 4.69) is 5.32 Å². The zero-order valence-electron chi connectivity index (χ0n) is 11.7. The molecule has 0 saturated carbocycles. The van der Waals surface area contributed by atoms with Gasteiger partial charge in [-0.3, -0.25) is 0 Å². The summed E-state index contributed by atoms with van der Waals surface area (Å²) >= 11 is 5.70. The second-order valence-electron chi connectivity index (χ2n) is 4.87. The van der Waals surface area contributed by atoms with E-state index in [9.17, 15) is 13.2 Å². The molecule has 1 atom stereocenters. The number of aryl methyl sites for hydroxylation is 1. The molecule has 1 unspecified atom stereocenters. The van der Waals surface area contributed by atoms with Gasteiger partial charge in [-0.05, 0) is 49.7 Å². The van der Waals surface area contributed by atoms with Gasteiger partial charge in [0, 0.05) is 16.6 Å². The third-order valence-electron chi connectivity index (χ3n) is 3.46. The van der Waals surface area contributed by atoms with Crippen LogP contribution in [0.3, 0.4) is 0 Å². The van der Waals surface area contributed by atoms with Crippen LogP contribution in [0.5, 0.6) is 0 Å². The van der Waals surface area contributed by atoms with Gasteiger partial charge in [-0.2, -0.15) is 0 Å². The minimum atomic E-state index is -0.666. The molecule has 2 aromatic rings. The van der Waals surface area contributed by atoms with E-state index in [1.54, 1.807) is 20.0 Å². The SMILES string of the molecule is CNC(Cc1ccc(Cl)cc1F)c1c(F)ccc(C)c1F. The van der Waals surface area contributed by atoms with Crippen molar-refractivity contribution in [2.75, 3.05) is 7.05 Å². The van der Waals surface area contributed by atoms with E-state index in [1.807, 2.05) is 0 Å². The van der Waals surface area contributed by atoms with Crippen LogP contribution in [0, 0.1) is 24.4 Å². The van der Waals surface area contributed by atoms with Crippen LogP contribution in [0.4, 0.5) is 13.2 Å². The van der Waals surface area contributed by atoms with Crippen LogP contribution in [-0.2, 0) is 6.42 Å². The fraction of sp³-hybridized carbons (Fsp3) is 0.250. The van der Waals surface area contributed by atoms with Crippen LogP contribution >= 0.6 is 11.6 Å². The van der Waals surface area contributed by atoms with Gasteiger partial charge in [0.2, 0.25) is 0 Å². The largest absolute Gasteiger partial charge is 0.313 e. The lowest BCUT2D eigenvalue weighted by molar-refractivity contribution is 0.479. The number of hydrogen-bond donors (Lipinski definition) is 1. The Hall–Kier alpha value is -1.52. The molecular formula is C16H15ClF3N. The highest BCUT2D eigenvalue weighted by Crippen LogP contribution is 2.27. The van der Waals surface area contributed by atoms with Gasteiger partial charge in [0.1, 0.15) is 17.5 Å². The fourth-order valence-corrected chi connectivity index (χ4v) is 2.41. The number of benzene rings is 2. The molecule has 0 heterocycles. The maximum Gasteiger partial charge on any atom is 0.133 e. The molecule has 1 N–H and O–H groups in total. The molecule has 0 amide bonds. The lowest BCUT2D eigenvalue weighted by Gasteiger charge is -2.19. The molecule has 0 aromatic heterocycles. The Morgan fingerprint density at radius 1 is 1.10 bits per heavy atom. The predicted molar refractivity (Wildman–Crippen MR) is 78.0 cm³/mol. The first-order valence-corrected chi connectivity index (χ1v) is 6.87. The number of rotatable bonds is 4. The Labute approximate surface area is 126 Å². The zero-order valence-corrected chi connectivity index (χ0v) is 12.4. The van der Waals surface area contributed by atoms with Crippen molar-refractivity contribution >= 4 is 11.6 Å². The lowest BCUT2D eigenvalue weighted by atomic mass is 9.96. The maximum absolute atomic E-state index is 14.2. The van der Waals surface area contributed by atoms with Crippen molar-refractivity contribution in [2.24, 2.45) is 0 Å². The number of hydrogen-bond acceptors (Lipinski definition) is 1. The summed E-state index contributed by atoms with van der Waals surface area (Å²) in [6.07, 6.45) is 0.122. The van der Waals surface area contributed by atoms with Gasteiger partial charge in [0.25, 0.3) is 0 Å². The normalized spacial score (nSPS) is 12.5. The molecule has 0 aliphatic rings. The number of halogens is 4. The van der Waals surface area contributed by atoms with E-state index in [-0.39, 0.29) is 17.0 Å². The standard InChI is InChI=1S/C16H15ClF3N/c1-9-3-6-12(18)15(16(9)20)14(21-2)7-10-4-5-11(17)8-13(10)19/h3-6,8,14,21H,7H2,1-2H3. The Kier molecular flexibility index (Phi) is 4.91. The van der Waals surface area contributed by atoms with Crippen molar-refractivity contribution < 1.29 is 13.2 Å². The Morgan fingerprint density at radius 3 is 2.43 bits per heavy atom. The molecule has 0 radical (unpaired) electrons. The summed E-state index contributed by atoms with van der Waals surface area (Å²) < 4.78 is 42.0. The average molecular weight is 314 g/mol. The smallest absolute Gasteiger partial charge is 0.133 e. The van der Waals surface area contributed by atoms with Gasteiger partial charge in [-0.1, -0.05) is 23.7 Å². The molecule has 2 aromatic carbocycles. The van der Waals surface area contributed by atoms with E-state index in [1.165, 1.54) is 24.3 Å². The third-order valence-corrected chi connectivity index (χ3v) is 3.69. The molecule has 0 bridgehead atoms. The highest BCUT2D eigenvalue weighted by molar-refractivity contribution is 6.30. The van der Waals surface area contributed by atoms with Crippen molar-refractivity contribution in [1.29, 1.82) is 0 Å². The maximum atomic E-state index is 14.2. The van der Waals surface area contributed by atoms with E-state index in [0.29, 0.717) is 11.1 Å².